The monoisotopic (exact) mass is 559 g/mol. The van der Waals surface area contributed by atoms with Gasteiger partial charge in [0.25, 0.3) is 10.0 Å². The molecule has 0 aliphatic carbocycles. The van der Waals surface area contributed by atoms with E-state index in [0.29, 0.717) is 30.0 Å². The van der Waals surface area contributed by atoms with Gasteiger partial charge in [0.05, 0.1) is 10.6 Å². The molecule has 10 heteroatoms. The van der Waals surface area contributed by atoms with Crippen molar-refractivity contribution >= 4 is 39.1 Å². The quantitative estimate of drug-likeness (QED) is 0.338. The molecule has 3 rings (SSSR count). The van der Waals surface area contributed by atoms with Crippen LogP contribution in [0.2, 0.25) is 5.02 Å². The Morgan fingerprint density at radius 3 is 2.26 bits per heavy atom. The van der Waals surface area contributed by atoms with Gasteiger partial charge in [0, 0.05) is 18.1 Å². The third-order valence-electron chi connectivity index (χ3n) is 5.91. The molecule has 3 aromatic carbocycles. The number of anilines is 1. The zero-order valence-electron chi connectivity index (χ0n) is 21.3. The van der Waals surface area contributed by atoms with E-state index in [-0.39, 0.29) is 23.0 Å². The van der Waals surface area contributed by atoms with Gasteiger partial charge in [-0.2, -0.15) is 0 Å². The number of nitrogens with zero attached hydrogens (tertiary/aromatic N) is 2. The minimum atomic E-state index is -4.17. The van der Waals surface area contributed by atoms with Crippen molar-refractivity contribution in [1.82, 2.24) is 10.2 Å². The Morgan fingerprint density at radius 1 is 0.974 bits per heavy atom. The molecule has 2 amide bonds. The zero-order valence-corrected chi connectivity index (χ0v) is 22.9. The van der Waals surface area contributed by atoms with Crippen LogP contribution in [-0.4, -0.2) is 44.3 Å². The molecule has 0 fully saturated rings. The first-order valence-electron chi connectivity index (χ1n) is 12.3. The average molecular weight is 560 g/mol. The Labute approximate surface area is 228 Å². The third-order valence-corrected chi connectivity index (χ3v) is 7.93. The highest BCUT2D eigenvalue weighted by molar-refractivity contribution is 7.92. The van der Waals surface area contributed by atoms with E-state index < -0.39 is 34.3 Å². The van der Waals surface area contributed by atoms with Gasteiger partial charge in [-0.1, -0.05) is 61.8 Å². The van der Waals surface area contributed by atoms with Gasteiger partial charge in [0.1, 0.15) is 18.4 Å². The minimum absolute atomic E-state index is 0.00518. The minimum Gasteiger partial charge on any atom is -0.354 e. The lowest BCUT2D eigenvalue weighted by Crippen LogP contribution is -2.52. The normalized spacial score (nSPS) is 12.0. The number of benzene rings is 3. The highest BCUT2D eigenvalue weighted by Crippen LogP contribution is 2.27. The Bertz CT molecular complexity index is 1340. The van der Waals surface area contributed by atoms with E-state index >= 15 is 0 Å². The van der Waals surface area contributed by atoms with Crippen molar-refractivity contribution < 1.29 is 22.4 Å². The summed E-state index contributed by atoms with van der Waals surface area (Å²) in [6, 6.07) is 18.7. The molecule has 3 aromatic rings. The average Bonchev–Trinajstić information content (AvgIpc) is 2.91. The van der Waals surface area contributed by atoms with Gasteiger partial charge >= 0.3 is 0 Å². The Morgan fingerprint density at radius 2 is 1.66 bits per heavy atom. The second-order valence-electron chi connectivity index (χ2n) is 8.67. The van der Waals surface area contributed by atoms with Gasteiger partial charge in [-0.15, -0.1) is 0 Å². The standard InChI is InChI=1S/C28H31ClFN3O4S/c1-3-17-31-28(35)26(4-2)32(19-21-13-15-23(30)16-14-21)27(34)20-33(24-10-8-9-22(29)18-24)38(36,37)25-11-6-5-7-12-25/h5-16,18,26H,3-4,17,19-20H2,1-2H3,(H,31,35). The summed E-state index contributed by atoms with van der Waals surface area (Å²) >= 11 is 6.17. The van der Waals surface area contributed by atoms with Gasteiger partial charge in [-0.25, -0.2) is 12.8 Å². The fraction of sp³-hybridized carbons (Fsp3) is 0.286. The van der Waals surface area contributed by atoms with E-state index in [1.165, 1.54) is 47.4 Å². The van der Waals surface area contributed by atoms with Crippen LogP contribution in [0.5, 0.6) is 0 Å². The fourth-order valence-corrected chi connectivity index (χ4v) is 5.56. The molecule has 0 spiro atoms. The van der Waals surface area contributed by atoms with Crippen LogP contribution in [0, 0.1) is 5.82 Å². The second-order valence-corrected chi connectivity index (χ2v) is 11.0. The van der Waals surface area contributed by atoms with Gasteiger partial charge in [-0.3, -0.25) is 13.9 Å². The Kier molecular flexibility index (Phi) is 10.3. The van der Waals surface area contributed by atoms with E-state index in [1.807, 2.05) is 6.92 Å². The molecule has 0 aromatic heterocycles. The fourth-order valence-electron chi connectivity index (χ4n) is 3.95. The lowest BCUT2D eigenvalue weighted by atomic mass is 10.1. The van der Waals surface area contributed by atoms with Crippen molar-refractivity contribution in [3.8, 4) is 0 Å². The van der Waals surface area contributed by atoms with Crippen molar-refractivity contribution in [1.29, 1.82) is 0 Å². The first-order valence-corrected chi connectivity index (χ1v) is 14.1. The van der Waals surface area contributed by atoms with Crippen LogP contribution in [0.4, 0.5) is 10.1 Å². The maximum atomic E-state index is 13.9. The molecule has 1 atom stereocenters. The van der Waals surface area contributed by atoms with Gasteiger partial charge in [-0.05, 0) is 60.9 Å². The highest BCUT2D eigenvalue weighted by Gasteiger charge is 2.33. The first-order chi connectivity index (χ1) is 18.2. The maximum absolute atomic E-state index is 13.9. The van der Waals surface area contributed by atoms with Crippen molar-refractivity contribution in [2.45, 2.75) is 44.2 Å². The molecule has 202 valence electrons. The molecule has 0 saturated carbocycles. The maximum Gasteiger partial charge on any atom is 0.264 e. The molecule has 0 radical (unpaired) electrons. The topological polar surface area (TPSA) is 86.8 Å². The van der Waals surface area contributed by atoms with Crippen LogP contribution in [0.3, 0.4) is 0 Å². The number of carbonyl (C=O) groups is 2. The molecule has 1 N–H and O–H groups in total. The summed E-state index contributed by atoms with van der Waals surface area (Å²) in [4.78, 5) is 28.2. The van der Waals surface area contributed by atoms with Crippen LogP contribution in [0.25, 0.3) is 0 Å². The molecule has 38 heavy (non-hydrogen) atoms. The second kappa shape index (κ2) is 13.4. The number of carbonyl (C=O) groups excluding carboxylic acids is 2. The number of sulfonamides is 1. The van der Waals surface area contributed by atoms with Crippen LogP contribution in [0.15, 0.2) is 83.8 Å². The smallest absolute Gasteiger partial charge is 0.264 e. The van der Waals surface area contributed by atoms with Crippen molar-refractivity contribution in [3.05, 3.63) is 95.3 Å². The van der Waals surface area contributed by atoms with Crippen LogP contribution in [-0.2, 0) is 26.2 Å². The van der Waals surface area contributed by atoms with Crippen LogP contribution >= 0.6 is 11.6 Å². The first kappa shape index (κ1) is 29.1. The molecular weight excluding hydrogens is 529 g/mol. The number of halogens is 2. The van der Waals surface area contributed by atoms with Crippen LogP contribution in [0.1, 0.15) is 32.3 Å². The van der Waals surface area contributed by atoms with E-state index in [9.17, 15) is 22.4 Å². The van der Waals surface area contributed by atoms with E-state index in [1.54, 1.807) is 43.3 Å². The van der Waals surface area contributed by atoms with Gasteiger partial charge < -0.3 is 10.2 Å². The van der Waals surface area contributed by atoms with Crippen molar-refractivity contribution in [3.63, 3.8) is 0 Å². The third kappa shape index (κ3) is 7.33. The van der Waals surface area contributed by atoms with E-state index in [0.717, 1.165) is 4.31 Å². The van der Waals surface area contributed by atoms with E-state index in [4.69, 9.17) is 11.6 Å². The number of hydrogen-bond acceptors (Lipinski definition) is 4. The zero-order chi connectivity index (χ0) is 27.7. The van der Waals surface area contributed by atoms with Crippen LogP contribution < -0.4 is 9.62 Å². The Hall–Kier alpha value is -3.43. The molecule has 0 heterocycles. The predicted molar refractivity (Wildman–Crippen MR) is 147 cm³/mol. The summed E-state index contributed by atoms with van der Waals surface area (Å²) in [7, 11) is -4.17. The molecule has 0 bridgehead atoms. The SMILES string of the molecule is CCCNC(=O)C(CC)N(Cc1ccc(F)cc1)C(=O)CN(c1cccc(Cl)c1)S(=O)(=O)c1ccccc1. The number of rotatable bonds is 12. The van der Waals surface area contributed by atoms with E-state index in [2.05, 4.69) is 5.32 Å². The summed E-state index contributed by atoms with van der Waals surface area (Å²) < 4.78 is 41.9. The van der Waals surface area contributed by atoms with Gasteiger partial charge in [0.15, 0.2) is 0 Å². The number of nitrogens with one attached hydrogen (secondary N) is 1. The molecule has 0 aliphatic rings. The molecular formula is C28H31ClFN3O4S. The molecule has 0 saturated heterocycles. The Balaban J connectivity index is 2.03. The summed E-state index contributed by atoms with van der Waals surface area (Å²) in [6.07, 6.45) is 1.01. The summed E-state index contributed by atoms with van der Waals surface area (Å²) in [5, 5.41) is 3.12. The summed E-state index contributed by atoms with van der Waals surface area (Å²) in [5.41, 5.74) is 0.807. The lowest BCUT2D eigenvalue weighted by molar-refractivity contribution is -0.140. The largest absolute Gasteiger partial charge is 0.354 e. The lowest BCUT2D eigenvalue weighted by Gasteiger charge is -2.33. The molecule has 1 unspecified atom stereocenters. The molecule has 0 aliphatic heterocycles. The van der Waals surface area contributed by atoms with Crippen molar-refractivity contribution in [2.24, 2.45) is 0 Å². The number of hydrogen-bond donors (Lipinski definition) is 1. The van der Waals surface area contributed by atoms with Gasteiger partial charge in [0.2, 0.25) is 11.8 Å². The summed E-state index contributed by atoms with van der Waals surface area (Å²) in [5.74, 6) is -1.36. The summed E-state index contributed by atoms with van der Waals surface area (Å²) in [6.45, 7) is 3.55. The predicted octanol–water partition coefficient (Wildman–Crippen LogP) is 5.01. The van der Waals surface area contributed by atoms with Crippen molar-refractivity contribution in [2.75, 3.05) is 17.4 Å². The highest BCUT2D eigenvalue weighted by atomic mass is 35.5. The molecule has 7 nitrogen and oxygen atoms in total. The number of amides is 2.